The Labute approximate surface area is 160 Å². The molecule has 7 nitrogen and oxygen atoms in total. The third-order valence-corrected chi connectivity index (χ3v) is 4.98. The molecule has 2 heterocycles. The van der Waals surface area contributed by atoms with Gasteiger partial charge in [0.25, 0.3) is 0 Å². The summed E-state index contributed by atoms with van der Waals surface area (Å²) in [6, 6.07) is 8.73. The number of rotatable bonds is 5. The predicted octanol–water partition coefficient (Wildman–Crippen LogP) is 1.50. The number of ether oxygens (including phenoxy) is 1. The van der Waals surface area contributed by atoms with Gasteiger partial charge in [-0.15, -0.1) is 0 Å². The Bertz CT molecular complexity index is 704. The molecule has 1 saturated heterocycles. The molecule has 2 amide bonds. The van der Waals surface area contributed by atoms with Crippen LogP contribution in [-0.4, -0.2) is 68.2 Å². The zero-order valence-electron chi connectivity index (χ0n) is 16.0. The minimum Gasteiger partial charge on any atom is -0.463 e. The maximum Gasteiger partial charge on any atom is 0.338 e. The quantitative estimate of drug-likeness (QED) is 0.766. The van der Waals surface area contributed by atoms with Crippen LogP contribution in [0.5, 0.6) is 0 Å². The van der Waals surface area contributed by atoms with E-state index in [1.807, 2.05) is 30.3 Å². The van der Waals surface area contributed by atoms with E-state index in [-0.39, 0.29) is 12.0 Å². The summed E-state index contributed by atoms with van der Waals surface area (Å²) >= 11 is 0. The predicted molar refractivity (Wildman–Crippen MR) is 103 cm³/mol. The number of carbonyl (C=O) groups excluding carboxylic acids is 2. The molecule has 146 valence electrons. The number of esters is 1. The van der Waals surface area contributed by atoms with E-state index in [4.69, 9.17) is 4.74 Å². The molecule has 0 saturated carbocycles. The molecule has 1 aromatic rings. The molecule has 0 spiro atoms. The molecule has 1 atom stereocenters. The normalized spacial score (nSPS) is 22.0. The Morgan fingerprint density at radius 3 is 2.70 bits per heavy atom. The number of carbonyl (C=O) groups is 2. The Hall–Kier alpha value is -2.38. The lowest BCUT2D eigenvalue weighted by Crippen LogP contribution is -2.48. The van der Waals surface area contributed by atoms with E-state index < -0.39 is 6.04 Å². The molecule has 1 unspecified atom stereocenters. The highest BCUT2D eigenvalue weighted by Crippen LogP contribution is 2.28. The van der Waals surface area contributed by atoms with Crippen LogP contribution in [0.25, 0.3) is 0 Å². The first-order valence-corrected chi connectivity index (χ1v) is 9.52. The molecule has 1 aromatic carbocycles. The maximum atomic E-state index is 12.8. The van der Waals surface area contributed by atoms with Gasteiger partial charge in [-0.1, -0.05) is 30.3 Å². The van der Waals surface area contributed by atoms with Gasteiger partial charge in [-0.25, -0.2) is 9.59 Å². The fraction of sp³-hybridized carbons (Fsp3) is 0.500. The minimum atomic E-state index is -0.511. The molecule has 2 aliphatic rings. The van der Waals surface area contributed by atoms with Crippen molar-refractivity contribution in [1.82, 2.24) is 20.4 Å². The Kier molecular flexibility index (Phi) is 6.47. The van der Waals surface area contributed by atoms with E-state index >= 15 is 0 Å². The average Bonchev–Trinajstić information content (AvgIpc) is 2.86. The van der Waals surface area contributed by atoms with E-state index in [0.29, 0.717) is 24.4 Å². The number of likely N-dealkylation sites (N-methyl/N-ethyl adjacent to an activating group) is 1. The molecule has 0 aromatic heterocycles. The summed E-state index contributed by atoms with van der Waals surface area (Å²) in [5.74, 6) is -0.388. The van der Waals surface area contributed by atoms with Crippen LogP contribution in [0.2, 0.25) is 0 Å². The SMILES string of the molecule is CCOC(=O)C1=C(CN2CCCN(C)CC2)NC(=O)NC1c1ccccc1. The number of hydrogen-bond acceptors (Lipinski definition) is 5. The van der Waals surface area contributed by atoms with E-state index in [1.54, 1.807) is 6.92 Å². The van der Waals surface area contributed by atoms with Crippen LogP contribution in [0, 0.1) is 0 Å². The molecule has 2 N–H and O–H groups in total. The summed E-state index contributed by atoms with van der Waals surface area (Å²) in [6.07, 6.45) is 1.06. The number of urea groups is 1. The van der Waals surface area contributed by atoms with Gasteiger partial charge in [-0.3, -0.25) is 4.90 Å². The van der Waals surface area contributed by atoms with Gasteiger partial charge in [0.15, 0.2) is 0 Å². The zero-order valence-corrected chi connectivity index (χ0v) is 16.0. The Morgan fingerprint density at radius 1 is 1.19 bits per heavy atom. The van der Waals surface area contributed by atoms with Crippen molar-refractivity contribution >= 4 is 12.0 Å². The Balaban J connectivity index is 1.93. The van der Waals surface area contributed by atoms with Crippen molar-refractivity contribution in [3.05, 3.63) is 47.2 Å². The number of nitrogens with zero attached hydrogens (tertiary/aromatic N) is 2. The van der Waals surface area contributed by atoms with Crippen LogP contribution in [-0.2, 0) is 9.53 Å². The lowest BCUT2D eigenvalue weighted by molar-refractivity contribution is -0.139. The molecule has 0 radical (unpaired) electrons. The minimum absolute atomic E-state index is 0.291. The molecule has 0 bridgehead atoms. The van der Waals surface area contributed by atoms with Gasteiger partial charge in [-0.05, 0) is 39.0 Å². The van der Waals surface area contributed by atoms with Crippen molar-refractivity contribution < 1.29 is 14.3 Å². The summed E-state index contributed by atoms with van der Waals surface area (Å²) in [6.45, 7) is 6.46. The second-order valence-corrected chi connectivity index (χ2v) is 6.99. The van der Waals surface area contributed by atoms with Crippen LogP contribution in [0.1, 0.15) is 24.9 Å². The number of benzene rings is 1. The molecular formula is C20H28N4O3. The van der Waals surface area contributed by atoms with Crippen molar-refractivity contribution in [2.75, 3.05) is 46.4 Å². The monoisotopic (exact) mass is 372 g/mol. The number of hydrogen-bond donors (Lipinski definition) is 2. The van der Waals surface area contributed by atoms with Gasteiger partial charge in [0.2, 0.25) is 0 Å². The van der Waals surface area contributed by atoms with Crippen molar-refractivity contribution in [2.45, 2.75) is 19.4 Å². The van der Waals surface area contributed by atoms with Crippen LogP contribution in [0.15, 0.2) is 41.6 Å². The van der Waals surface area contributed by atoms with Gasteiger partial charge in [-0.2, -0.15) is 0 Å². The second-order valence-electron chi connectivity index (χ2n) is 6.99. The molecular weight excluding hydrogens is 344 g/mol. The van der Waals surface area contributed by atoms with Gasteiger partial charge in [0, 0.05) is 25.3 Å². The first-order valence-electron chi connectivity index (χ1n) is 9.52. The fourth-order valence-corrected chi connectivity index (χ4v) is 3.57. The third-order valence-electron chi connectivity index (χ3n) is 4.98. The van der Waals surface area contributed by atoms with E-state index in [0.717, 1.165) is 38.2 Å². The van der Waals surface area contributed by atoms with Gasteiger partial charge in [0.05, 0.1) is 18.2 Å². The molecule has 27 heavy (non-hydrogen) atoms. The molecule has 2 aliphatic heterocycles. The molecule has 3 rings (SSSR count). The van der Waals surface area contributed by atoms with Crippen LogP contribution in [0.4, 0.5) is 4.79 Å². The van der Waals surface area contributed by atoms with Gasteiger partial charge < -0.3 is 20.3 Å². The van der Waals surface area contributed by atoms with Crippen molar-refractivity contribution in [2.24, 2.45) is 0 Å². The molecule has 0 aliphatic carbocycles. The van der Waals surface area contributed by atoms with Crippen LogP contribution >= 0.6 is 0 Å². The summed E-state index contributed by atoms with van der Waals surface area (Å²) in [5, 5.41) is 5.73. The molecule has 1 fully saturated rings. The molecule has 7 heteroatoms. The van der Waals surface area contributed by atoms with E-state index in [2.05, 4.69) is 27.5 Å². The van der Waals surface area contributed by atoms with Crippen molar-refractivity contribution in [3.8, 4) is 0 Å². The average molecular weight is 372 g/mol. The maximum absolute atomic E-state index is 12.8. The number of nitrogens with one attached hydrogen (secondary N) is 2. The van der Waals surface area contributed by atoms with E-state index in [1.165, 1.54) is 0 Å². The zero-order chi connectivity index (χ0) is 19.2. The van der Waals surface area contributed by atoms with Gasteiger partial charge >= 0.3 is 12.0 Å². The van der Waals surface area contributed by atoms with Crippen LogP contribution < -0.4 is 10.6 Å². The van der Waals surface area contributed by atoms with Crippen molar-refractivity contribution in [3.63, 3.8) is 0 Å². The highest BCUT2D eigenvalue weighted by molar-refractivity contribution is 5.95. The van der Waals surface area contributed by atoms with E-state index in [9.17, 15) is 9.59 Å². The summed E-state index contributed by atoms with van der Waals surface area (Å²) in [5.41, 5.74) is 1.99. The highest BCUT2D eigenvalue weighted by Gasteiger charge is 2.34. The topological polar surface area (TPSA) is 73.9 Å². The van der Waals surface area contributed by atoms with Crippen LogP contribution in [0.3, 0.4) is 0 Å². The third kappa shape index (κ3) is 4.87. The summed E-state index contributed by atoms with van der Waals surface area (Å²) < 4.78 is 5.31. The Morgan fingerprint density at radius 2 is 1.96 bits per heavy atom. The largest absolute Gasteiger partial charge is 0.463 e. The summed E-state index contributed by atoms with van der Waals surface area (Å²) in [7, 11) is 2.12. The second kappa shape index (κ2) is 9.01. The highest BCUT2D eigenvalue weighted by atomic mass is 16.5. The first kappa shape index (κ1) is 19.4. The van der Waals surface area contributed by atoms with Crippen molar-refractivity contribution in [1.29, 1.82) is 0 Å². The lowest BCUT2D eigenvalue weighted by atomic mass is 9.95. The van der Waals surface area contributed by atoms with Gasteiger partial charge in [0.1, 0.15) is 0 Å². The lowest BCUT2D eigenvalue weighted by Gasteiger charge is -2.31. The number of amides is 2. The standard InChI is InChI=1S/C20H28N4O3/c1-3-27-19(25)17-16(14-24-11-7-10-23(2)12-13-24)21-20(26)22-18(17)15-8-5-4-6-9-15/h4-6,8-9,18H,3,7,10-14H2,1-2H3,(H2,21,22,26). The fourth-order valence-electron chi connectivity index (χ4n) is 3.57. The smallest absolute Gasteiger partial charge is 0.338 e. The first-order chi connectivity index (χ1) is 13.1. The summed E-state index contributed by atoms with van der Waals surface area (Å²) in [4.78, 5) is 29.7.